The van der Waals surface area contributed by atoms with Gasteiger partial charge in [-0.1, -0.05) is 121 Å². The summed E-state index contributed by atoms with van der Waals surface area (Å²) in [6, 6.07) is 10.3. The number of ether oxygens (including phenoxy) is 3. The van der Waals surface area contributed by atoms with Crippen molar-refractivity contribution in [3.05, 3.63) is 35.9 Å². The lowest BCUT2D eigenvalue weighted by atomic mass is 10.0. The van der Waals surface area contributed by atoms with E-state index in [2.05, 4.69) is 19.1 Å². The van der Waals surface area contributed by atoms with E-state index in [0.29, 0.717) is 19.8 Å². The van der Waals surface area contributed by atoms with Crippen molar-refractivity contribution in [2.45, 2.75) is 122 Å². The Morgan fingerprint density at radius 1 is 0.618 bits per heavy atom. The molecule has 1 unspecified atom stereocenters. The van der Waals surface area contributed by atoms with E-state index in [-0.39, 0.29) is 6.10 Å². The summed E-state index contributed by atoms with van der Waals surface area (Å²) in [6.07, 6.45) is 21.3. The normalized spacial score (nSPS) is 12.3. The maximum absolute atomic E-state index is 6.08. The third kappa shape index (κ3) is 20.4. The van der Waals surface area contributed by atoms with Gasteiger partial charge in [-0.2, -0.15) is 0 Å². The van der Waals surface area contributed by atoms with Crippen molar-refractivity contribution in [2.75, 3.05) is 33.0 Å². The summed E-state index contributed by atoms with van der Waals surface area (Å²) in [4.78, 5) is 0. The topological polar surface area (TPSA) is 53.7 Å². The van der Waals surface area contributed by atoms with Gasteiger partial charge in [0.25, 0.3) is 0 Å². The molecule has 0 fully saturated rings. The van der Waals surface area contributed by atoms with Crippen molar-refractivity contribution in [2.24, 2.45) is 5.73 Å². The molecule has 1 aromatic carbocycles. The van der Waals surface area contributed by atoms with Gasteiger partial charge in [0.2, 0.25) is 0 Å². The van der Waals surface area contributed by atoms with Gasteiger partial charge in [-0.05, 0) is 31.4 Å². The first-order valence-electron chi connectivity index (χ1n) is 14.4. The fourth-order valence-electron chi connectivity index (χ4n) is 4.11. The van der Waals surface area contributed by atoms with Crippen molar-refractivity contribution in [1.82, 2.24) is 0 Å². The molecule has 1 rings (SSSR count). The fraction of sp³-hybridized carbons (Fsp3) is 0.800. The maximum Gasteiger partial charge on any atom is 0.105 e. The van der Waals surface area contributed by atoms with E-state index in [0.717, 1.165) is 39.0 Å². The molecule has 0 aliphatic carbocycles. The van der Waals surface area contributed by atoms with E-state index in [4.69, 9.17) is 19.9 Å². The minimum absolute atomic E-state index is 0.0234. The number of nitrogens with two attached hydrogens (primary N) is 1. The molecule has 0 heterocycles. The van der Waals surface area contributed by atoms with Crippen LogP contribution in [0.5, 0.6) is 0 Å². The molecule has 0 aliphatic rings. The highest BCUT2D eigenvalue weighted by Crippen LogP contribution is 2.13. The van der Waals surface area contributed by atoms with Crippen molar-refractivity contribution < 1.29 is 14.2 Å². The first-order valence-corrected chi connectivity index (χ1v) is 14.4. The fourth-order valence-corrected chi connectivity index (χ4v) is 4.11. The lowest BCUT2D eigenvalue weighted by Crippen LogP contribution is -2.26. The van der Waals surface area contributed by atoms with Gasteiger partial charge < -0.3 is 19.9 Å². The van der Waals surface area contributed by atoms with Crippen LogP contribution in [-0.2, 0) is 20.8 Å². The third-order valence-corrected chi connectivity index (χ3v) is 6.32. The third-order valence-electron chi connectivity index (χ3n) is 6.32. The first-order chi connectivity index (χ1) is 16.9. The average Bonchev–Trinajstić information content (AvgIpc) is 2.87. The van der Waals surface area contributed by atoms with Crippen molar-refractivity contribution in [3.63, 3.8) is 0 Å². The maximum atomic E-state index is 6.08. The second kappa shape index (κ2) is 25.2. The zero-order valence-electron chi connectivity index (χ0n) is 22.3. The summed E-state index contributed by atoms with van der Waals surface area (Å²) < 4.78 is 17.8. The molecule has 0 aliphatic heterocycles. The number of rotatable bonds is 26. The van der Waals surface area contributed by atoms with Crippen LogP contribution in [0.15, 0.2) is 30.3 Å². The van der Waals surface area contributed by atoms with Crippen molar-refractivity contribution in [1.29, 1.82) is 0 Å². The smallest absolute Gasteiger partial charge is 0.105 e. The molecule has 0 saturated carbocycles. The Morgan fingerprint density at radius 2 is 1.09 bits per heavy atom. The zero-order chi connectivity index (χ0) is 24.4. The highest BCUT2D eigenvalue weighted by atomic mass is 16.6. The van der Waals surface area contributed by atoms with E-state index < -0.39 is 0 Å². The second-order valence-corrected chi connectivity index (χ2v) is 9.66. The Hall–Kier alpha value is -0.940. The van der Waals surface area contributed by atoms with Crippen LogP contribution in [-0.4, -0.2) is 39.1 Å². The van der Waals surface area contributed by atoms with Crippen LogP contribution in [0.3, 0.4) is 0 Å². The molecule has 0 bridgehead atoms. The Kier molecular flexibility index (Phi) is 23.0. The van der Waals surface area contributed by atoms with Gasteiger partial charge in [0.05, 0.1) is 19.8 Å². The summed E-state index contributed by atoms with van der Waals surface area (Å²) in [5.41, 5.74) is 6.74. The van der Waals surface area contributed by atoms with Gasteiger partial charge in [-0.3, -0.25) is 0 Å². The van der Waals surface area contributed by atoms with Crippen LogP contribution in [0.25, 0.3) is 0 Å². The van der Waals surface area contributed by atoms with Gasteiger partial charge in [-0.15, -0.1) is 0 Å². The Morgan fingerprint density at radius 3 is 1.59 bits per heavy atom. The average molecular weight is 478 g/mol. The van der Waals surface area contributed by atoms with Gasteiger partial charge in [-0.25, -0.2) is 0 Å². The monoisotopic (exact) mass is 477 g/mol. The predicted octanol–water partition coefficient (Wildman–Crippen LogP) is 7.83. The number of benzene rings is 1. The largest absolute Gasteiger partial charge is 0.379 e. The Labute approximate surface area is 211 Å². The molecular weight excluding hydrogens is 422 g/mol. The van der Waals surface area contributed by atoms with Crippen molar-refractivity contribution >= 4 is 0 Å². The van der Waals surface area contributed by atoms with Crippen LogP contribution < -0.4 is 5.73 Å². The minimum Gasteiger partial charge on any atom is -0.379 e. The highest BCUT2D eigenvalue weighted by molar-refractivity contribution is 5.13. The Bertz CT molecular complexity index is 511. The molecule has 0 saturated heterocycles. The summed E-state index contributed by atoms with van der Waals surface area (Å²) in [5, 5.41) is 0. The van der Waals surface area contributed by atoms with E-state index in [1.165, 1.54) is 89.0 Å². The van der Waals surface area contributed by atoms with Gasteiger partial charge >= 0.3 is 0 Å². The lowest BCUT2D eigenvalue weighted by molar-refractivity contribution is -0.0673. The van der Waals surface area contributed by atoms with Gasteiger partial charge in [0.15, 0.2) is 0 Å². The molecule has 0 spiro atoms. The first kappa shape index (κ1) is 31.1. The Balaban J connectivity index is 1.98. The molecule has 0 amide bonds. The summed E-state index contributed by atoms with van der Waals surface area (Å²) in [6.45, 7) is 6.34. The summed E-state index contributed by atoms with van der Waals surface area (Å²) >= 11 is 0. The van der Waals surface area contributed by atoms with E-state index >= 15 is 0 Å². The SMILES string of the molecule is CCCCCCCCCCCCCCCCOCC(COCCCCN)OCc1ccccc1. The van der Waals surface area contributed by atoms with Gasteiger partial charge in [0.1, 0.15) is 6.10 Å². The minimum atomic E-state index is -0.0234. The molecule has 34 heavy (non-hydrogen) atoms. The van der Waals surface area contributed by atoms with Crippen molar-refractivity contribution in [3.8, 4) is 0 Å². The molecule has 4 nitrogen and oxygen atoms in total. The zero-order valence-corrected chi connectivity index (χ0v) is 22.3. The quantitative estimate of drug-likeness (QED) is 0.138. The molecular formula is C30H55NO3. The highest BCUT2D eigenvalue weighted by Gasteiger charge is 2.10. The van der Waals surface area contributed by atoms with Crippen LogP contribution in [0, 0.1) is 0 Å². The standard InChI is InChI=1S/C30H55NO3/c1-2-3-4-5-6-7-8-9-10-11-12-13-14-19-24-32-27-30(28-33-25-20-18-23-31)34-26-29-21-16-15-17-22-29/h15-17,21-22,30H,2-14,18-20,23-28,31H2,1H3. The molecule has 0 radical (unpaired) electrons. The van der Waals surface area contributed by atoms with Crippen LogP contribution in [0.2, 0.25) is 0 Å². The predicted molar refractivity (Wildman–Crippen MR) is 145 cm³/mol. The summed E-state index contributed by atoms with van der Waals surface area (Å²) in [5.74, 6) is 0. The number of hydrogen-bond acceptors (Lipinski definition) is 4. The molecule has 0 aromatic heterocycles. The van der Waals surface area contributed by atoms with E-state index in [1.54, 1.807) is 0 Å². The summed E-state index contributed by atoms with van der Waals surface area (Å²) in [7, 11) is 0. The number of unbranched alkanes of at least 4 members (excludes halogenated alkanes) is 14. The second-order valence-electron chi connectivity index (χ2n) is 9.66. The molecule has 2 N–H and O–H groups in total. The van der Waals surface area contributed by atoms with E-state index in [9.17, 15) is 0 Å². The van der Waals surface area contributed by atoms with Crippen LogP contribution in [0.4, 0.5) is 0 Å². The molecule has 4 heteroatoms. The van der Waals surface area contributed by atoms with E-state index in [1.807, 2.05) is 18.2 Å². The van der Waals surface area contributed by atoms with Gasteiger partial charge in [0, 0.05) is 13.2 Å². The lowest BCUT2D eigenvalue weighted by Gasteiger charge is -2.18. The van der Waals surface area contributed by atoms with Crippen LogP contribution >= 0.6 is 0 Å². The molecule has 1 aromatic rings. The molecule has 198 valence electrons. The van der Waals surface area contributed by atoms with Crippen LogP contribution in [0.1, 0.15) is 115 Å². The number of hydrogen-bond donors (Lipinski definition) is 1. The molecule has 1 atom stereocenters.